The molecule has 38 heavy (non-hydrogen) atoms. The molecule has 198 valence electrons. The number of amides is 2. The summed E-state index contributed by atoms with van der Waals surface area (Å²) in [4.78, 5) is 30.5. The number of benzene rings is 2. The highest BCUT2D eigenvalue weighted by Crippen LogP contribution is 2.59. The van der Waals surface area contributed by atoms with Gasteiger partial charge in [-0.25, -0.2) is 9.74 Å². The minimum Gasteiger partial charge on any atom is -0.493 e. The van der Waals surface area contributed by atoms with Crippen molar-refractivity contribution in [1.29, 1.82) is 0 Å². The largest absolute Gasteiger partial charge is 0.493 e. The minimum absolute atomic E-state index is 0.0542. The topological polar surface area (TPSA) is 60.2 Å². The molecule has 2 amide bonds. The Morgan fingerprint density at radius 2 is 1.63 bits per heavy atom. The first-order valence-electron chi connectivity index (χ1n) is 11.4. The highest BCUT2D eigenvalue weighted by Gasteiger charge is 2.72. The molecule has 0 aliphatic carbocycles. The number of hydrogen-bond acceptors (Lipinski definition) is 4. The van der Waals surface area contributed by atoms with Crippen molar-refractivity contribution in [2.24, 2.45) is 11.8 Å². The van der Waals surface area contributed by atoms with Crippen LogP contribution in [-0.2, 0) is 26.7 Å². The third-order valence-corrected chi connectivity index (χ3v) is 7.16. The van der Waals surface area contributed by atoms with Gasteiger partial charge < -0.3 is 9.47 Å². The lowest BCUT2D eigenvalue weighted by atomic mass is 9.71. The van der Waals surface area contributed by atoms with Gasteiger partial charge >= 0.3 is 12.4 Å². The zero-order valence-corrected chi connectivity index (χ0v) is 19.6. The minimum atomic E-state index is -4.87. The van der Waals surface area contributed by atoms with E-state index in [1.54, 1.807) is 19.1 Å². The van der Waals surface area contributed by atoms with Crippen LogP contribution >= 0.6 is 0 Å². The van der Waals surface area contributed by atoms with E-state index in [2.05, 4.69) is 4.85 Å². The number of hydrogen-bond donors (Lipinski definition) is 0. The lowest BCUT2D eigenvalue weighted by molar-refractivity contribution is -0.138. The first-order valence-corrected chi connectivity index (χ1v) is 11.4. The molecule has 0 saturated carbocycles. The predicted molar refractivity (Wildman–Crippen MR) is 120 cm³/mol. The van der Waals surface area contributed by atoms with Crippen molar-refractivity contribution in [2.45, 2.75) is 36.9 Å². The fraction of sp³-hybridized carbons (Fsp3) is 0.346. The van der Waals surface area contributed by atoms with E-state index in [9.17, 15) is 35.9 Å². The van der Waals surface area contributed by atoms with Gasteiger partial charge in [0.15, 0.2) is 5.69 Å². The maximum atomic E-state index is 13.5. The van der Waals surface area contributed by atoms with Gasteiger partial charge in [-0.2, -0.15) is 26.3 Å². The van der Waals surface area contributed by atoms with Crippen molar-refractivity contribution in [1.82, 2.24) is 0 Å². The zero-order valence-electron chi connectivity index (χ0n) is 19.6. The third-order valence-electron chi connectivity index (χ3n) is 7.16. The molecule has 0 N–H and O–H groups in total. The number of carbonyl (C=O) groups is 2. The molecule has 2 saturated heterocycles. The normalized spacial score (nSPS) is 28.1. The van der Waals surface area contributed by atoms with Crippen molar-refractivity contribution in [3.05, 3.63) is 77.2 Å². The van der Waals surface area contributed by atoms with Gasteiger partial charge in [-0.05, 0) is 43.3 Å². The summed E-state index contributed by atoms with van der Waals surface area (Å²) in [6, 6.07) is 6.70. The summed E-state index contributed by atoms with van der Waals surface area (Å²) in [5.74, 6) is -3.35. The lowest BCUT2D eigenvalue weighted by Gasteiger charge is -2.29. The van der Waals surface area contributed by atoms with Crippen LogP contribution in [0.15, 0.2) is 54.6 Å². The van der Waals surface area contributed by atoms with Crippen molar-refractivity contribution in [3.63, 3.8) is 0 Å². The van der Waals surface area contributed by atoms with E-state index >= 15 is 0 Å². The Kier molecular flexibility index (Phi) is 5.65. The van der Waals surface area contributed by atoms with Gasteiger partial charge in [0, 0.05) is 12.1 Å². The van der Waals surface area contributed by atoms with Crippen molar-refractivity contribution in [2.75, 3.05) is 11.5 Å². The smallest absolute Gasteiger partial charge is 0.416 e. The maximum absolute atomic E-state index is 13.5. The van der Waals surface area contributed by atoms with Gasteiger partial charge in [0.1, 0.15) is 11.4 Å². The number of rotatable bonds is 5. The second-order valence-electron chi connectivity index (χ2n) is 9.47. The molecule has 0 aromatic heterocycles. The molecule has 2 unspecified atom stereocenters. The molecule has 3 aliphatic heterocycles. The van der Waals surface area contributed by atoms with Crippen LogP contribution < -0.4 is 9.64 Å². The Morgan fingerprint density at radius 3 is 2.24 bits per heavy atom. The summed E-state index contributed by atoms with van der Waals surface area (Å²) in [6.07, 6.45) is -6.06. The highest BCUT2D eigenvalue weighted by atomic mass is 19.4. The van der Waals surface area contributed by atoms with Crippen molar-refractivity contribution >= 4 is 23.2 Å². The first kappa shape index (κ1) is 25.8. The number of alkyl halides is 6. The first-order chi connectivity index (χ1) is 17.7. The lowest BCUT2D eigenvalue weighted by Crippen LogP contribution is -2.42. The molecular formula is C26H18F6N2O4. The van der Waals surface area contributed by atoms with Crippen LogP contribution in [0.4, 0.5) is 37.7 Å². The Morgan fingerprint density at radius 1 is 0.974 bits per heavy atom. The number of anilines is 1. The number of carbonyl (C=O) groups excluding carboxylic acids is 2. The number of halogens is 6. The van der Waals surface area contributed by atoms with E-state index in [0.29, 0.717) is 11.0 Å². The summed E-state index contributed by atoms with van der Waals surface area (Å²) in [5, 5.41) is 0. The summed E-state index contributed by atoms with van der Waals surface area (Å²) < 4.78 is 90.6. The monoisotopic (exact) mass is 536 g/mol. The van der Waals surface area contributed by atoms with Crippen molar-refractivity contribution < 1.29 is 45.4 Å². The quantitative estimate of drug-likeness (QED) is 0.205. The number of nitrogens with zero attached hydrogens (tertiary/aromatic N) is 2. The van der Waals surface area contributed by atoms with E-state index in [1.807, 2.05) is 0 Å². The second kappa shape index (κ2) is 8.33. The van der Waals surface area contributed by atoms with E-state index < -0.39 is 64.0 Å². The average molecular weight is 536 g/mol. The Bertz CT molecular complexity index is 1390. The molecule has 0 spiro atoms. The van der Waals surface area contributed by atoms with Gasteiger partial charge in [-0.15, -0.1) is 0 Å². The van der Waals surface area contributed by atoms with Gasteiger partial charge in [0.25, 0.3) is 0 Å². The highest BCUT2D eigenvalue weighted by molar-refractivity contribution is 6.23. The fourth-order valence-corrected chi connectivity index (χ4v) is 5.46. The summed E-state index contributed by atoms with van der Waals surface area (Å²) in [5.41, 5.74) is -5.54. The number of ether oxygens (including phenoxy) is 2. The van der Waals surface area contributed by atoms with Crippen molar-refractivity contribution in [3.8, 4) is 5.75 Å². The van der Waals surface area contributed by atoms with Gasteiger partial charge in [0.2, 0.25) is 11.8 Å². The predicted octanol–water partition coefficient (Wildman–Crippen LogP) is 5.95. The van der Waals surface area contributed by atoms with Gasteiger partial charge in [0.05, 0.1) is 41.7 Å². The summed E-state index contributed by atoms with van der Waals surface area (Å²) in [6.45, 7) is 8.52. The van der Waals surface area contributed by atoms with E-state index in [-0.39, 0.29) is 24.5 Å². The molecule has 2 aromatic rings. The molecule has 5 rings (SSSR count). The zero-order chi connectivity index (χ0) is 27.7. The SMILES string of the molecule is [C-]#[N+]c1ccc(N2C(=O)[C@@H]3[C@H](C2=O)C2(C)C=CC3(CCOc3ccc(C(F)(F)F)cc3)O2)cc1C(F)(F)F. The maximum Gasteiger partial charge on any atom is 0.416 e. The molecule has 2 aromatic carbocycles. The Labute approximate surface area is 212 Å². The average Bonchev–Trinajstić information content (AvgIpc) is 3.42. The molecule has 2 bridgehead atoms. The van der Waals surface area contributed by atoms with Gasteiger partial charge in [-0.1, -0.05) is 18.2 Å². The fourth-order valence-electron chi connectivity index (χ4n) is 5.46. The van der Waals surface area contributed by atoms with Crippen LogP contribution in [0.1, 0.15) is 24.5 Å². The van der Waals surface area contributed by atoms with Crippen LogP contribution in [0.25, 0.3) is 4.85 Å². The standard InChI is InChI=1S/C26H18F6N2O4/c1-23-9-10-24(38-23,11-12-37-16-6-3-14(4-7-16)25(27,28)29)20-19(23)21(35)34(22(20)36)15-5-8-18(33-2)17(13-15)26(30,31)32/h3-10,13,19-20H,11-12H2,1H3/t19-,20+,23?,24?/m1/s1. The van der Waals surface area contributed by atoms with Crippen LogP contribution in [0, 0.1) is 18.4 Å². The van der Waals surface area contributed by atoms with E-state index in [0.717, 1.165) is 36.4 Å². The molecular weight excluding hydrogens is 518 g/mol. The molecule has 6 nitrogen and oxygen atoms in total. The van der Waals surface area contributed by atoms with E-state index in [1.165, 1.54) is 0 Å². The van der Waals surface area contributed by atoms with Crippen LogP contribution in [0.2, 0.25) is 0 Å². The van der Waals surface area contributed by atoms with Crippen LogP contribution in [0.5, 0.6) is 5.75 Å². The molecule has 2 fully saturated rings. The third kappa shape index (κ3) is 3.93. The molecule has 3 aliphatic rings. The van der Waals surface area contributed by atoms with Gasteiger partial charge in [-0.3, -0.25) is 9.59 Å². The summed E-state index contributed by atoms with van der Waals surface area (Å²) >= 11 is 0. The molecule has 4 atom stereocenters. The van der Waals surface area contributed by atoms with Crippen LogP contribution in [0.3, 0.4) is 0 Å². The Balaban J connectivity index is 1.39. The Hall–Kier alpha value is -3.85. The number of fused-ring (bicyclic) bond motifs is 5. The molecule has 3 heterocycles. The van der Waals surface area contributed by atoms with E-state index in [4.69, 9.17) is 16.0 Å². The number of imide groups is 1. The summed E-state index contributed by atoms with van der Waals surface area (Å²) in [7, 11) is 0. The second-order valence-corrected chi connectivity index (χ2v) is 9.47. The molecule has 12 heteroatoms. The molecule has 0 radical (unpaired) electrons. The van der Waals surface area contributed by atoms with Crippen LogP contribution in [-0.4, -0.2) is 29.6 Å².